The van der Waals surface area contributed by atoms with Gasteiger partial charge in [-0.15, -0.1) is 11.3 Å². The van der Waals surface area contributed by atoms with Crippen LogP contribution in [0.3, 0.4) is 0 Å². The average Bonchev–Trinajstić information content (AvgIpc) is 3.50. The topological polar surface area (TPSA) is 88.5 Å². The molecular formula is C22H28N6OS2. The van der Waals surface area contributed by atoms with Crippen molar-refractivity contribution >= 4 is 34.7 Å². The van der Waals surface area contributed by atoms with E-state index < -0.39 is 0 Å². The van der Waals surface area contributed by atoms with Crippen LogP contribution in [0.15, 0.2) is 24.0 Å². The first-order valence-electron chi connectivity index (χ1n) is 10.9. The first-order valence-corrected chi connectivity index (χ1v) is 12.9. The highest BCUT2D eigenvalue weighted by Crippen LogP contribution is 2.37. The Morgan fingerprint density at radius 1 is 1.35 bits per heavy atom. The van der Waals surface area contributed by atoms with Gasteiger partial charge in [-0.25, -0.2) is 4.98 Å². The van der Waals surface area contributed by atoms with E-state index in [4.69, 9.17) is 0 Å². The predicted molar refractivity (Wildman–Crippen MR) is 125 cm³/mol. The van der Waals surface area contributed by atoms with Crippen molar-refractivity contribution in [1.29, 1.82) is 0 Å². The van der Waals surface area contributed by atoms with Crippen molar-refractivity contribution in [3.8, 4) is 0 Å². The number of fused-ring (bicyclic) bond motifs is 1. The molecule has 9 heteroatoms. The molecule has 1 fully saturated rings. The van der Waals surface area contributed by atoms with E-state index in [1.54, 1.807) is 17.5 Å². The highest BCUT2D eigenvalue weighted by atomic mass is 32.2. The first kappa shape index (κ1) is 20.8. The van der Waals surface area contributed by atoms with Gasteiger partial charge in [0.2, 0.25) is 0 Å². The summed E-state index contributed by atoms with van der Waals surface area (Å²) in [5, 5.41) is 18.2. The number of hydrogen-bond donors (Lipinski definition) is 2. The van der Waals surface area contributed by atoms with E-state index in [1.165, 1.54) is 11.5 Å². The molecule has 31 heavy (non-hydrogen) atoms. The van der Waals surface area contributed by atoms with Crippen molar-refractivity contribution in [2.45, 2.75) is 52.0 Å². The Balaban J connectivity index is 1.35. The fraction of sp³-hybridized carbons (Fsp3) is 0.545. The third-order valence-electron chi connectivity index (χ3n) is 6.44. The van der Waals surface area contributed by atoms with Crippen LogP contribution in [0.1, 0.15) is 65.9 Å². The number of nitrogens with one attached hydrogen (secondary N) is 2. The molecule has 0 saturated carbocycles. The van der Waals surface area contributed by atoms with Crippen LogP contribution in [0.25, 0.3) is 0 Å². The highest BCUT2D eigenvalue weighted by Gasteiger charge is 2.32. The number of aromatic amines is 1. The molecule has 0 spiro atoms. The Hall–Kier alpha value is -2.13. The summed E-state index contributed by atoms with van der Waals surface area (Å²) in [5.41, 5.74) is 3.61. The maximum atomic E-state index is 13.0. The summed E-state index contributed by atoms with van der Waals surface area (Å²) >= 11 is 3.69. The Kier molecular flexibility index (Phi) is 5.64. The van der Waals surface area contributed by atoms with Crippen LogP contribution < -0.4 is 5.32 Å². The second-order valence-electron chi connectivity index (χ2n) is 9.30. The minimum Gasteiger partial charge on any atom is -0.318 e. The van der Waals surface area contributed by atoms with Crippen molar-refractivity contribution in [1.82, 2.24) is 25.0 Å². The molecular weight excluding hydrogens is 428 g/mol. The number of thioether (sulfide) groups is 1. The fourth-order valence-corrected chi connectivity index (χ4v) is 6.69. The molecule has 5 rings (SSSR count). The maximum absolute atomic E-state index is 13.0. The minimum absolute atomic E-state index is 0.118. The zero-order valence-corrected chi connectivity index (χ0v) is 19.6. The second-order valence-corrected chi connectivity index (χ2v) is 11.4. The van der Waals surface area contributed by atoms with E-state index in [2.05, 4.69) is 39.4 Å². The Morgan fingerprint density at radius 3 is 2.97 bits per heavy atom. The highest BCUT2D eigenvalue weighted by molar-refractivity contribution is 7.99. The maximum Gasteiger partial charge on any atom is 0.276 e. The first-order chi connectivity index (χ1) is 15.0. The quantitative estimate of drug-likeness (QED) is 0.587. The van der Waals surface area contributed by atoms with Crippen molar-refractivity contribution in [2.75, 3.05) is 16.8 Å². The third kappa shape index (κ3) is 4.30. The van der Waals surface area contributed by atoms with Gasteiger partial charge in [-0.1, -0.05) is 13.8 Å². The van der Waals surface area contributed by atoms with Gasteiger partial charge in [0.25, 0.3) is 5.91 Å². The van der Waals surface area contributed by atoms with E-state index in [9.17, 15) is 4.79 Å². The summed E-state index contributed by atoms with van der Waals surface area (Å²) in [4.78, 5) is 17.6. The van der Waals surface area contributed by atoms with Crippen LogP contribution in [-0.2, 0) is 12.8 Å². The van der Waals surface area contributed by atoms with Gasteiger partial charge in [0.1, 0.15) is 11.0 Å². The van der Waals surface area contributed by atoms with Gasteiger partial charge in [-0.2, -0.15) is 22.0 Å². The molecule has 2 aliphatic rings. The molecule has 1 aliphatic heterocycles. The zero-order chi connectivity index (χ0) is 21.4. The molecule has 0 bridgehead atoms. The zero-order valence-electron chi connectivity index (χ0n) is 17.9. The van der Waals surface area contributed by atoms with Gasteiger partial charge in [-0.3, -0.25) is 14.6 Å². The van der Waals surface area contributed by atoms with Gasteiger partial charge in [0, 0.05) is 29.0 Å². The second kappa shape index (κ2) is 8.43. The largest absolute Gasteiger partial charge is 0.318 e. The van der Waals surface area contributed by atoms with Crippen LogP contribution in [0, 0.1) is 11.3 Å². The predicted octanol–water partition coefficient (Wildman–Crippen LogP) is 4.56. The monoisotopic (exact) mass is 456 g/mol. The van der Waals surface area contributed by atoms with Crippen molar-refractivity contribution in [3.05, 3.63) is 45.9 Å². The Labute approximate surface area is 190 Å². The number of amides is 1. The third-order valence-corrected chi connectivity index (χ3v) is 8.33. The molecule has 7 nitrogen and oxygen atoms in total. The SMILES string of the molecule is CC1(C)CCc2c(C(=O)Nc3cnn(C(c4nccs4)C4CCSCC4)c3)n[nH]c2C1. The van der Waals surface area contributed by atoms with Crippen LogP contribution in [0.4, 0.5) is 5.69 Å². The Bertz CT molecular complexity index is 1050. The molecule has 1 aliphatic carbocycles. The molecule has 0 aromatic carbocycles. The van der Waals surface area contributed by atoms with Gasteiger partial charge in [-0.05, 0) is 54.9 Å². The molecule has 1 amide bonds. The number of hydrogen-bond acceptors (Lipinski definition) is 6. The number of anilines is 1. The molecule has 3 aromatic rings. The lowest BCUT2D eigenvalue weighted by Gasteiger charge is -2.29. The number of carbonyl (C=O) groups excluding carboxylic acids is 1. The van der Waals surface area contributed by atoms with Gasteiger partial charge >= 0.3 is 0 Å². The summed E-state index contributed by atoms with van der Waals surface area (Å²) in [6.45, 7) is 4.52. The number of H-pyrrole nitrogens is 1. The Morgan fingerprint density at radius 2 is 2.19 bits per heavy atom. The van der Waals surface area contributed by atoms with Crippen molar-refractivity contribution < 1.29 is 4.79 Å². The van der Waals surface area contributed by atoms with Gasteiger partial charge in [0.15, 0.2) is 5.69 Å². The molecule has 2 N–H and O–H groups in total. The lowest BCUT2D eigenvalue weighted by Crippen LogP contribution is -2.25. The molecule has 1 saturated heterocycles. The smallest absolute Gasteiger partial charge is 0.276 e. The van der Waals surface area contributed by atoms with Gasteiger partial charge < -0.3 is 5.32 Å². The number of aromatic nitrogens is 5. The standard InChI is InChI=1S/C22H28N6OS2/c1-22(2)6-3-16-17(11-22)26-27-18(16)20(29)25-15-12-24-28(13-15)19(21-23-7-10-31-21)14-4-8-30-9-5-14/h7,10,12-14,19H,3-6,8-9,11H2,1-2H3,(H,25,29)(H,26,27). The number of rotatable bonds is 5. The van der Waals surface area contributed by atoms with Crippen LogP contribution in [-0.4, -0.2) is 42.4 Å². The summed E-state index contributed by atoms with van der Waals surface area (Å²) < 4.78 is 1.98. The van der Waals surface area contributed by atoms with E-state index in [1.807, 2.05) is 34.2 Å². The lowest BCUT2D eigenvalue weighted by molar-refractivity contribution is 0.102. The van der Waals surface area contributed by atoms with Crippen molar-refractivity contribution in [3.63, 3.8) is 0 Å². The van der Waals surface area contributed by atoms with E-state index in [0.717, 1.165) is 48.4 Å². The fourth-order valence-electron chi connectivity index (χ4n) is 4.72. The van der Waals surface area contributed by atoms with Crippen LogP contribution in [0.5, 0.6) is 0 Å². The van der Waals surface area contributed by atoms with Gasteiger partial charge in [0.05, 0.1) is 11.9 Å². The molecule has 0 radical (unpaired) electrons. The summed E-state index contributed by atoms with van der Waals surface area (Å²) in [5.74, 6) is 2.70. The molecule has 3 aromatic heterocycles. The minimum atomic E-state index is -0.170. The number of thiazole rings is 1. The van der Waals surface area contributed by atoms with E-state index in [0.29, 0.717) is 17.3 Å². The van der Waals surface area contributed by atoms with Crippen LogP contribution in [0.2, 0.25) is 0 Å². The molecule has 164 valence electrons. The number of carbonyl (C=O) groups is 1. The summed E-state index contributed by atoms with van der Waals surface area (Å²) in [6, 6.07) is 0.118. The number of nitrogens with zero attached hydrogens (tertiary/aromatic N) is 4. The molecule has 1 atom stereocenters. The normalized spacial score (nSPS) is 19.7. The van der Waals surface area contributed by atoms with Crippen molar-refractivity contribution in [2.24, 2.45) is 11.3 Å². The summed E-state index contributed by atoms with van der Waals surface area (Å²) in [6.07, 6.45) is 10.7. The van der Waals surface area contributed by atoms with Crippen LogP contribution >= 0.6 is 23.1 Å². The van der Waals surface area contributed by atoms with E-state index >= 15 is 0 Å². The lowest BCUT2D eigenvalue weighted by atomic mass is 9.76. The molecule has 1 unspecified atom stereocenters. The average molecular weight is 457 g/mol. The summed E-state index contributed by atoms with van der Waals surface area (Å²) in [7, 11) is 0. The van der Waals surface area contributed by atoms with E-state index in [-0.39, 0.29) is 17.4 Å². The molecule has 4 heterocycles.